The lowest BCUT2D eigenvalue weighted by atomic mass is 10.1. The molecule has 9 heteroatoms. The summed E-state index contributed by atoms with van der Waals surface area (Å²) in [5.41, 5.74) is 1.51. The SMILES string of the molecule is COc1cc2c(N3CCN(CCO)CC3)nc(-c3ccc(Cl)cc3)nc2c(OC)c1OC. The molecule has 1 aromatic heterocycles. The maximum Gasteiger partial charge on any atom is 0.205 e. The molecule has 0 spiro atoms. The first-order valence-corrected chi connectivity index (χ1v) is 10.8. The van der Waals surface area contributed by atoms with Gasteiger partial charge >= 0.3 is 0 Å². The van der Waals surface area contributed by atoms with Gasteiger partial charge in [0.05, 0.1) is 33.3 Å². The Morgan fingerprint density at radius 1 is 0.938 bits per heavy atom. The van der Waals surface area contributed by atoms with Crippen molar-refractivity contribution in [2.45, 2.75) is 0 Å². The number of benzene rings is 2. The molecule has 2 aromatic carbocycles. The Hall–Kier alpha value is -2.81. The van der Waals surface area contributed by atoms with Crippen LogP contribution in [0.3, 0.4) is 0 Å². The van der Waals surface area contributed by atoms with Gasteiger partial charge in [-0.1, -0.05) is 11.6 Å². The fourth-order valence-electron chi connectivity index (χ4n) is 4.01. The maximum atomic E-state index is 9.26. The number of rotatable bonds is 7. The first kappa shape index (κ1) is 22.4. The third-order valence-corrected chi connectivity index (χ3v) is 5.92. The van der Waals surface area contributed by atoms with Crippen LogP contribution >= 0.6 is 11.6 Å². The highest BCUT2D eigenvalue weighted by atomic mass is 35.5. The third-order valence-electron chi connectivity index (χ3n) is 5.66. The van der Waals surface area contributed by atoms with Gasteiger partial charge in [-0.25, -0.2) is 9.97 Å². The van der Waals surface area contributed by atoms with Crippen LogP contribution in [0, 0.1) is 0 Å². The van der Waals surface area contributed by atoms with Crippen LogP contribution in [0.2, 0.25) is 5.02 Å². The predicted molar refractivity (Wildman–Crippen MR) is 125 cm³/mol. The number of piperazine rings is 1. The van der Waals surface area contributed by atoms with E-state index in [1.165, 1.54) is 0 Å². The quantitative estimate of drug-likeness (QED) is 0.578. The Bertz CT molecular complexity index is 1090. The van der Waals surface area contributed by atoms with E-state index in [1.807, 2.05) is 30.3 Å². The minimum atomic E-state index is 0.158. The molecular formula is C23H27ClN4O4. The Labute approximate surface area is 192 Å². The zero-order valence-electron chi connectivity index (χ0n) is 18.5. The van der Waals surface area contributed by atoms with Gasteiger partial charge in [0.25, 0.3) is 0 Å². The van der Waals surface area contributed by atoms with Crippen LogP contribution in [0.25, 0.3) is 22.3 Å². The van der Waals surface area contributed by atoms with Gasteiger partial charge in [-0.05, 0) is 30.3 Å². The number of hydrogen-bond donors (Lipinski definition) is 1. The van der Waals surface area contributed by atoms with E-state index in [-0.39, 0.29) is 6.61 Å². The van der Waals surface area contributed by atoms with Crippen LogP contribution in [0.1, 0.15) is 0 Å². The van der Waals surface area contributed by atoms with Crippen molar-refractivity contribution in [1.82, 2.24) is 14.9 Å². The van der Waals surface area contributed by atoms with Crippen LogP contribution in [0.5, 0.6) is 17.2 Å². The van der Waals surface area contributed by atoms with Crippen molar-refractivity contribution in [2.75, 3.05) is 65.6 Å². The summed E-state index contributed by atoms with van der Waals surface area (Å²) in [4.78, 5) is 14.3. The van der Waals surface area contributed by atoms with E-state index in [9.17, 15) is 5.11 Å². The van der Waals surface area contributed by atoms with Gasteiger partial charge in [-0.2, -0.15) is 0 Å². The number of methoxy groups -OCH3 is 3. The second kappa shape index (κ2) is 9.77. The summed E-state index contributed by atoms with van der Waals surface area (Å²) < 4.78 is 16.9. The zero-order chi connectivity index (χ0) is 22.7. The van der Waals surface area contributed by atoms with Gasteiger partial charge in [0.1, 0.15) is 11.3 Å². The van der Waals surface area contributed by atoms with Crippen molar-refractivity contribution in [3.8, 4) is 28.6 Å². The van der Waals surface area contributed by atoms with E-state index in [4.69, 9.17) is 35.8 Å². The van der Waals surface area contributed by atoms with Crippen molar-refractivity contribution in [2.24, 2.45) is 0 Å². The van der Waals surface area contributed by atoms with Gasteiger partial charge in [0, 0.05) is 43.3 Å². The molecule has 0 saturated carbocycles. The maximum absolute atomic E-state index is 9.26. The lowest BCUT2D eigenvalue weighted by Gasteiger charge is -2.35. The first-order valence-electron chi connectivity index (χ1n) is 10.4. The molecular weight excluding hydrogens is 432 g/mol. The standard InChI is InChI=1S/C23H27ClN4O4/c1-30-18-14-17-19(21(32-3)20(18)31-2)25-22(15-4-6-16(24)7-5-15)26-23(17)28-10-8-27(9-11-28)12-13-29/h4-7,14,29H,8-13H2,1-3H3. The molecule has 0 bridgehead atoms. The Kier molecular flexibility index (Phi) is 6.83. The van der Waals surface area contributed by atoms with E-state index < -0.39 is 0 Å². The summed E-state index contributed by atoms with van der Waals surface area (Å²) in [6, 6.07) is 9.35. The number of hydrogen-bond acceptors (Lipinski definition) is 8. The molecule has 1 aliphatic rings. The molecule has 0 radical (unpaired) electrons. The number of aliphatic hydroxyl groups is 1. The van der Waals surface area contributed by atoms with Crippen LogP contribution < -0.4 is 19.1 Å². The second-order valence-corrected chi connectivity index (χ2v) is 7.91. The Balaban J connectivity index is 1.90. The molecule has 1 fully saturated rings. The normalized spacial score (nSPS) is 14.6. The highest BCUT2D eigenvalue weighted by Gasteiger charge is 2.25. The molecule has 1 saturated heterocycles. The summed E-state index contributed by atoms with van der Waals surface area (Å²) in [5, 5.41) is 10.7. The number of aliphatic hydroxyl groups excluding tert-OH is 1. The van der Waals surface area contributed by atoms with Crippen LogP contribution in [0.4, 0.5) is 5.82 Å². The van der Waals surface area contributed by atoms with Crippen molar-refractivity contribution in [1.29, 1.82) is 0 Å². The third kappa shape index (κ3) is 4.26. The average Bonchev–Trinajstić information content (AvgIpc) is 2.83. The fourth-order valence-corrected chi connectivity index (χ4v) is 4.13. The molecule has 2 heterocycles. The predicted octanol–water partition coefficient (Wildman–Crippen LogP) is 3.09. The molecule has 170 valence electrons. The molecule has 1 aliphatic heterocycles. The van der Waals surface area contributed by atoms with E-state index in [0.717, 1.165) is 42.9 Å². The van der Waals surface area contributed by atoms with Gasteiger partial charge < -0.3 is 24.2 Å². The minimum absolute atomic E-state index is 0.158. The molecule has 3 aromatic rings. The summed E-state index contributed by atoms with van der Waals surface area (Å²) in [5.74, 6) is 2.93. The molecule has 0 aliphatic carbocycles. The molecule has 0 amide bonds. The summed E-state index contributed by atoms with van der Waals surface area (Å²) >= 11 is 6.09. The fraction of sp³-hybridized carbons (Fsp3) is 0.391. The average molecular weight is 459 g/mol. The van der Waals surface area contributed by atoms with Crippen molar-refractivity contribution in [3.63, 3.8) is 0 Å². The number of β-amino-alcohol motifs (C(OH)–C–C–N with tert-alkyl or cyclic N) is 1. The highest BCUT2D eigenvalue weighted by molar-refractivity contribution is 6.30. The second-order valence-electron chi connectivity index (χ2n) is 7.47. The number of aromatic nitrogens is 2. The Morgan fingerprint density at radius 3 is 2.22 bits per heavy atom. The topological polar surface area (TPSA) is 80.2 Å². The highest BCUT2D eigenvalue weighted by Crippen LogP contribution is 2.45. The molecule has 8 nitrogen and oxygen atoms in total. The number of halogens is 1. The van der Waals surface area contributed by atoms with Gasteiger partial charge in [-0.15, -0.1) is 0 Å². The molecule has 0 atom stereocenters. The monoisotopic (exact) mass is 458 g/mol. The lowest BCUT2D eigenvalue weighted by molar-refractivity contribution is 0.188. The zero-order valence-corrected chi connectivity index (χ0v) is 19.2. The Morgan fingerprint density at radius 2 is 1.62 bits per heavy atom. The van der Waals surface area contributed by atoms with Crippen LogP contribution in [-0.2, 0) is 0 Å². The van der Waals surface area contributed by atoms with E-state index in [0.29, 0.717) is 40.2 Å². The number of ether oxygens (including phenoxy) is 3. The molecule has 0 unspecified atom stereocenters. The summed E-state index contributed by atoms with van der Waals surface area (Å²) in [6.07, 6.45) is 0. The van der Waals surface area contributed by atoms with Crippen LogP contribution in [0.15, 0.2) is 30.3 Å². The molecule has 4 rings (SSSR count). The first-order chi connectivity index (χ1) is 15.6. The lowest BCUT2D eigenvalue weighted by Crippen LogP contribution is -2.47. The van der Waals surface area contributed by atoms with Gasteiger partial charge in [0.15, 0.2) is 17.3 Å². The van der Waals surface area contributed by atoms with Crippen LogP contribution in [-0.4, -0.2) is 80.6 Å². The number of fused-ring (bicyclic) bond motifs is 1. The van der Waals surface area contributed by atoms with Crippen molar-refractivity contribution < 1.29 is 19.3 Å². The van der Waals surface area contributed by atoms with Crippen molar-refractivity contribution >= 4 is 28.3 Å². The van der Waals surface area contributed by atoms with E-state index in [2.05, 4.69) is 9.80 Å². The summed E-state index contributed by atoms with van der Waals surface area (Å²) in [7, 11) is 4.77. The smallest absolute Gasteiger partial charge is 0.205 e. The molecule has 32 heavy (non-hydrogen) atoms. The summed E-state index contributed by atoms with van der Waals surface area (Å²) in [6.45, 7) is 4.07. The van der Waals surface area contributed by atoms with Gasteiger partial charge in [0.2, 0.25) is 5.75 Å². The minimum Gasteiger partial charge on any atom is -0.493 e. The van der Waals surface area contributed by atoms with E-state index >= 15 is 0 Å². The van der Waals surface area contributed by atoms with Crippen molar-refractivity contribution in [3.05, 3.63) is 35.4 Å². The van der Waals surface area contributed by atoms with Gasteiger partial charge in [-0.3, -0.25) is 4.90 Å². The number of nitrogens with zero attached hydrogens (tertiary/aromatic N) is 4. The largest absolute Gasteiger partial charge is 0.493 e. The van der Waals surface area contributed by atoms with E-state index in [1.54, 1.807) is 21.3 Å². The number of anilines is 1. The molecule has 1 N–H and O–H groups in total.